The number of carboxylic acid groups (broad SMARTS) is 1. The lowest BCUT2D eigenvalue weighted by Gasteiger charge is -2.38. The summed E-state index contributed by atoms with van der Waals surface area (Å²) in [5.41, 5.74) is 0.715. The molecule has 178 valence electrons. The van der Waals surface area contributed by atoms with Crippen molar-refractivity contribution in [1.82, 2.24) is 0 Å². The number of aliphatic carboxylic acids is 1. The van der Waals surface area contributed by atoms with Crippen LogP contribution >= 0.6 is 0 Å². The van der Waals surface area contributed by atoms with E-state index in [0.717, 1.165) is 0 Å². The van der Waals surface area contributed by atoms with Crippen molar-refractivity contribution in [1.29, 1.82) is 0 Å². The second-order valence-electron chi connectivity index (χ2n) is 7.74. The number of hydrogen-bond acceptors (Lipinski definition) is 9. The Morgan fingerprint density at radius 1 is 1.12 bits per heavy atom. The Bertz CT molecular complexity index is 827. The van der Waals surface area contributed by atoms with Crippen molar-refractivity contribution in [2.24, 2.45) is 5.92 Å². The minimum atomic E-state index is -1.86. The summed E-state index contributed by atoms with van der Waals surface area (Å²) in [6, 6.07) is 4.47. The highest BCUT2D eigenvalue weighted by atomic mass is 16.7. The Hall–Kier alpha value is -2.73. The molecule has 0 saturated carbocycles. The van der Waals surface area contributed by atoms with Crippen LogP contribution in [0.1, 0.15) is 39.2 Å². The van der Waals surface area contributed by atoms with Gasteiger partial charge in [-0.25, -0.2) is 4.79 Å². The number of ether oxygens (including phenoxy) is 3. The van der Waals surface area contributed by atoms with E-state index >= 15 is 0 Å². The van der Waals surface area contributed by atoms with Crippen LogP contribution < -0.4 is 10.1 Å². The number of carboxylic acids is 1. The van der Waals surface area contributed by atoms with Crippen molar-refractivity contribution in [3.8, 4) is 5.75 Å². The summed E-state index contributed by atoms with van der Waals surface area (Å²) >= 11 is 0. The molecule has 11 nitrogen and oxygen atoms in total. The number of benzene rings is 1. The molecule has 1 fully saturated rings. The van der Waals surface area contributed by atoms with Gasteiger partial charge in [-0.15, -0.1) is 0 Å². The quantitative estimate of drug-likeness (QED) is 0.328. The van der Waals surface area contributed by atoms with E-state index in [4.69, 9.17) is 14.2 Å². The first-order valence-electron chi connectivity index (χ1n) is 10.2. The molecule has 0 spiro atoms. The number of carbonyl (C=O) groups is 3. The molecule has 1 unspecified atom stereocenters. The van der Waals surface area contributed by atoms with Gasteiger partial charge in [-0.1, -0.05) is 26.8 Å². The molecule has 1 amide bonds. The summed E-state index contributed by atoms with van der Waals surface area (Å²) < 4.78 is 15.9. The second-order valence-corrected chi connectivity index (χ2v) is 7.74. The lowest BCUT2D eigenvalue weighted by molar-refractivity contribution is -0.271. The molecule has 5 atom stereocenters. The molecule has 0 radical (unpaired) electrons. The van der Waals surface area contributed by atoms with Gasteiger partial charge in [0.05, 0.1) is 11.6 Å². The molecule has 1 aliphatic heterocycles. The van der Waals surface area contributed by atoms with E-state index in [2.05, 4.69) is 5.32 Å². The lowest BCUT2D eigenvalue weighted by Crippen LogP contribution is -2.61. The van der Waals surface area contributed by atoms with E-state index in [1.807, 2.05) is 6.92 Å². The molecule has 32 heavy (non-hydrogen) atoms. The zero-order chi connectivity index (χ0) is 24.0. The smallest absolute Gasteiger partial charge is 0.335 e. The van der Waals surface area contributed by atoms with Crippen molar-refractivity contribution >= 4 is 23.5 Å². The zero-order valence-corrected chi connectivity index (χ0v) is 18.1. The number of esters is 1. The Balaban J connectivity index is 2.27. The van der Waals surface area contributed by atoms with Crippen molar-refractivity contribution in [2.45, 2.75) is 70.9 Å². The van der Waals surface area contributed by atoms with E-state index in [-0.39, 0.29) is 36.3 Å². The van der Waals surface area contributed by atoms with Crippen LogP contribution in [0.25, 0.3) is 0 Å². The van der Waals surface area contributed by atoms with Crippen LogP contribution in [0.3, 0.4) is 0 Å². The SMILES string of the molecule is CCCC(=O)Nc1cc(COC(=O)C(C)C)ccc1OC1O[C@@H](C(=O)O)[C@H](O)[C@@H](O)[C@@H]1O. The summed E-state index contributed by atoms with van der Waals surface area (Å²) in [6.45, 7) is 5.16. The first-order chi connectivity index (χ1) is 15.0. The summed E-state index contributed by atoms with van der Waals surface area (Å²) in [5, 5.41) is 41.8. The summed E-state index contributed by atoms with van der Waals surface area (Å²) in [5.74, 6) is -2.55. The minimum Gasteiger partial charge on any atom is -0.479 e. The fourth-order valence-electron chi connectivity index (χ4n) is 2.90. The minimum absolute atomic E-state index is 0.0187. The van der Waals surface area contributed by atoms with Gasteiger partial charge in [-0.05, 0) is 24.1 Å². The van der Waals surface area contributed by atoms with Gasteiger partial charge in [-0.3, -0.25) is 9.59 Å². The normalized spacial score (nSPS) is 25.3. The van der Waals surface area contributed by atoms with E-state index < -0.39 is 42.6 Å². The number of aliphatic hydroxyl groups is 3. The molecule has 2 rings (SSSR count). The van der Waals surface area contributed by atoms with Crippen molar-refractivity contribution in [3.63, 3.8) is 0 Å². The molecule has 1 aromatic rings. The van der Waals surface area contributed by atoms with Gasteiger partial charge < -0.3 is 40.0 Å². The number of anilines is 1. The average Bonchev–Trinajstić information content (AvgIpc) is 2.73. The predicted octanol–water partition coefficient (Wildman–Crippen LogP) is 0.395. The third-order valence-corrected chi connectivity index (χ3v) is 4.70. The maximum atomic E-state index is 12.1. The van der Waals surface area contributed by atoms with Crippen LogP contribution in [0, 0.1) is 5.92 Å². The van der Waals surface area contributed by atoms with Crippen LogP contribution in [0.15, 0.2) is 18.2 Å². The molecule has 0 aliphatic carbocycles. The monoisotopic (exact) mass is 455 g/mol. The van der Waals surface area contributed by atoms with Crippen molar-refractivity contribution < 1.29 is 49.0 Å². The van der Waals surface area contributed by atoms with E-state index in [9.17, 15) is 34.8 Å². The van der Waals surface area contributed by atoms with Crippen molar-refractivity contribution in [2.75, 3.05) is 5.32 Å². The number of nitrogens with one attached hydrogen (secondary N) is 1. The second kappa shape index (κ2) is 11.2. The molecule has 0 bridgehead atoms. The van der Waals surface area contributed by atoms with Gasteiger partial charge >= 0.3 is 11.9 Å². The van der Waals surface area contributed by atoms with E-state index in [1.165, 1.54) is 12.1 Å². The maximum absolute atomic E-state index is 12.1. The Labute approximate surface area is 184 Å². The number of aliphatic hydroxyl groups excluding tert-OH is 3. The molecule has 0 aromatic heterocycles. The zero-order valence-electron chi connectivity index (χ0n) is 18.1. The molecular weight excluding hydrogens is 426 g/mol. The molecule has 1 aliphatic rings. The maximum Gasteiger partial charge on any atom is 0.335 e. The largest absolute Gasteiger partial charge is 0.479 e. The van der Waals surface area contributed by atoms with E-state index in [1.54, 1.807) is 19.9 Å². The third kappa shape index (κ3) is 6.39. The van der Waals surface area contributed by atoms with Gasteiger partial charge in [0.15, 0.2) is 6.10 Å². The molecule has 1 heterocycles. The van der Waals surface area contributed by atoms with Gasteiger partial charge in [0.2, 0.25) is 12.2 Å². The number of carbonyl (C=O) groups excluding carboxylic acids is 2. The fraction of sp³-hybridized carbons (Fsp3) is 0.571. The predicted molar refractivity (Wildman–Crippen MR) is 110 cm³/mol. The van der Waals surface area contributed by atoms with Gasteiger partial charge in [0.1, 0.15) is 30.7 Å². The summed E-state index contributed by atoms with van der Waals surface area (Å²) in [6.07, 6.45) is -8.10. The average molecular weight is 455 g/mol. The van der Waals surface area contributed by atoms with Crippen molar-refractivity contribution in [3.05, 3.63) is 23.8 Å². The molecular formula is C21H29NO10. The number of rotatable bonds is 9. The van der Waals surface area contributed by atoms with Crippen LogP contribution in [0.5, 0.6) is 5.75 Å². The highest BCUT2D eigenvalue weighted by Gasteiger charge is 2.48. The Kier molecular flexibility index (Phi) is 8.96. The molecule has 11 heteroatoms. The first kappa shape index (κ1) is 25.5. The Morgan fingerprint density at radius 3 is 2.41 bits per heavy atom. The standard InChI is InChI=1S/C21H29NO10/c1-4-5-14(23)22-12-8-11(9-30-20(29)10(2)3)6-7-13(12)31-21-17(26)15(24)16(25)18(32-21)19(27)28/h6-8,10,15-18,21,24-26H,4-5,9H2,1-3H3,(H,22,23)(H,27,28)/t15-,16-,17+,18-,21?/m1/s1. The highest BCUT2D eigenvalue weighted by molar-refractivity contribution is 5.92. The molecule has 1 aromatic carbocycles. The third-order valence-electron chi connectivity index (χ3n) is 4.70. The first-order valence-corrected chi connectivity index (χ1v) is 10.2. The topological polar surface area (TPSA) is 172 Å². The summed E-state index contributed by atoms with van der Waals surface area (Å²) in [7, 11) is 0. The van der Waals surface area contributed by atoms with Gasteiger partial charge in [0, 0.05) is 6.42 Å². The fourth-order valence-corrected chi connectivity index (χ4v) is 2.90. The number of amides is 1. The van der Waals surface area contributed by atoms with Crippen LogP contribution in [0.2, 0.25) is 0 Å². The number of hydrogen-bond donors (Lipinski definition) is 5. The Morgan fingerprint density at radius 2 is 1.81 bits per heavy atom. The van der Waals surface area contributed by atoms with E-state index in [0.29, 0.717) is 12.0 Å². The molecule has 5 N–H and O–H groups in total. The van der Waals surface area contributed by atoms with Crippen LogP contribution in [-0.2, 0) is 30.5 Å². The highest BCUT2D eigenvalue weighted by Crippen LogP contribution is 2.31. The van der Waals surface area contributed by atoms with Crippen LogP contribution in [-0.4, -0.2) is 69.0 Å². The lowest BCUT2D eigenvalue weighted by atomic mass is 9.99. The summed E-state index contributed by atoms with van der Waals surface area (Å²) in [4.78, 5) is 35.1. The molecule has 1 saturated heterocycles. The van der Waals surface area contributed by atoms with Crippen LogP contribution in [0.4, 0.5) is 5.69 Å². The van der Waals surface area contributed by atoms with Gasteiger partial charge in [-0.2, -0.15) is 0 Å². The van der Waals surface area contributed by atoms with Gasteiger partial charge in [0.25, 0.3) is 0 Å².